The number of carbonyl (C=O) groups excluding carboxylic acids is 2. The van der Waals surface area contributed by atoms with Crippen LogP contribution in [0.25, 0.3) is 6.08 Å². The standard InChI is InChI=1S/C20H21N3O2S/c1-3-21-19(25)16-5-4-6-17(13-16)22-20(26)23-18(24)12-11-15-9-7-14(2)8-10-15/h4-13H,3H2,1-2H3,(H,21,25)(H2,22,23,24,26)/b12-11+. The van der Waals surface area contributed by atoms with E-state index in [2.05, 4.69) is 16.0 Å². The molecule has 6 heteroatoms. The van der Waals surface area contributed by atoms with E-state index in [1.165, 1.54) is 6.08 Å². The largest absolute Gasteiger partial charge is 0.352 e. The average molecular weight is 367 g/mol. The molecule has 0 aliphatic heterocycles. The van der Waals surface area contributed by atoms with E-state index in [-0.39, 0.29) is 16.9 Å². The first kappa shape index (κ1) is 19.3. The van der Waals surface area contributed by atoms with Crippen LogP contribution in [-0.4, -0.2) is 23.5 Å². The minimum absolute atomic E-state index is 0.160. The minimum atomic E-state index is -0.331. The van der Waals surface area contributed by atoms with Crippen LogP contribution in [0.5, 0.6) is 0 Å². The second-order valence-electron chi connectivity index (χ2n) is 5.63. The fourth-order valence-electron chi connectivity index (χ4n) is 2.17. The summed E-state index contributed by atoms with van der Waals surface area (Å²) in [6, 6.07) is 14.7. The first-order valence-electron chi connectivity index (χ1n) is 8.23. The first-order chi connectivity index (χ1) is 12.5. The molecule has 2 aromatic rings. The Kier molecular flexibility index (Phi) is 7.05. The summed E-state index contributed by atoms with van der Waals surface area (Å²) in [7, 11) is 0. The Hall–Kier alpha value is -2.99. The smallest absolute Gasteiger partial charge is 0.251 e. The number of rotatable bonds is 5. The lowest BCUT2D eigenvalue weighted by atomic mass is 10.1. The van der Waals surface area contributed by atoms with Crippen molar-refractivity contribution in [2.24, 2.45) is 0 Å². The fourth-order valence-corrected chi connectivity index (χ4v) is 2.38. The molecule has 0 saturated carbocycles. The molecule has 0 spiro atoms. The molecule has 0 aliphatic carbocycles. The lowest BCUT2D eigenvalue weighted by Crippen LogP contribution is -2.33. The molecule has 0 aliphatic rings. The fraction of sp³-hybridized carbons (Fsp3) is 0.150. The van der Waals surface area contributed by atoms with Crippen LogP contribution >= 0.6 is 12.2 Å². The molecule has 0 saturated heterocycles. The zero-order valence-corrected chi connectivity index (χ0v) is 15.5. The Bertz CT molecular complexity index is 829. The van der Waals surface area contributed by atoms with Crippen molar-refractivity contribution in [1.82, 2.24) is 10.6 Å². The highest BCUT2D eigenvalue weighted by Crippen LogP contribution is 2.10. The Balaban J connectivity index is 1.91. The van der Waals surface area contributed by atoms with Crippen LogP contribution < -0.4 is 16.0 Å². The van der Waals surface area contributed by atoms with Gasteiger partial charge in [-0.25, -0.2) is 0 Å². The number of benzene rings is 2. The van der Waals surface area contributed by atoms with Gasteiger partial charge in [0.2, 0.25) is 5.91 Å². The van der Waals surface area contributed by atoms with Gasteiger partial charge in [0.15, 0.2) is 5.11 Å². The molecule has 26 heavy (non-hydrogen) atoms. The summed E-state index contributed by atoms with van der Waals surface area (Å²) in [5.74, 6) is -0.491. The van der Waals surface area contributed by atoms with Gasteiger partial charge in [0, 0.05) is 23.9 Å². The topological polar surface area (TPSA) is 70.2 Å². The van der Waals surface area contributed by atoms with Gasteiger partial charge < -0.3 is 10.6 Å². The Morgan fingerprint density at radius 2 is 1.85 bits per heavy atom. The van der Waals surface area contributed by atoms with E-state index in [9.17, 15) is 9.59 Å². The number of aryl methyl sites for hydroxylation is 1. The van der Waals surface area contributed by atoms with E-state index in [1.54, 1.807) is 30.3 Å². The van der Waals surface area contributed by atoms with Crippen LogP contribution in [0.15, 0.2) is 54.6 Å². The van der Waals surface area contributed by atoms with Crippen molar-refractivity contribution < 1.29 is 9.59 Å². The maximum absolute atomic E-state index is 12.0. The van der Waals surface area contributed by atoms with Crippen molar-refractivity contribution in [2.45, 2.75) is 13.8 Å². The molecule has 2 rings (SSSR count). The van der Waals surface area contributed by atoms with Crippen LogP contribution in [0, 0.1) is 6.92 Å². The monoisotopic (exact) mass is 367 g/mol. The maximum atomic E-state index is 12.0. The third kappa shape index (κ3) is 6.14. The van der Waals surface area contributed by atoms with E-state index in [1.807, 2.05) is 38.1 Å². The number of nitrogens with one attached hydrogen (secondary N) is 3. The molecule has 0 unspecified atom stereocenters. The molecule has 2 aromatic carbocycles. The van der Waals surface area contributed by atoms with Crippen LogP contribution in [-0.2, 0) is 4.79 Å². The number of amides is 2. The summed E-state index contributed by atoms with van der Waals surface area (Å²) in [6.45, 7) is 4.41. The van der Waals surface area contributed by atoms with Crippen molar-refractivity contribution in [1.29, 1.82) is 0 Å². The van der Waals surface area contributed by atoms with Crippen LogP contribution in [0.3, 0.4) is 0 Å². The van der Waals surface area contributed by atoms with Gasteiger partial charge in [0.1, 0.15) is 0 Å². The van der Waals surface area contributed by atoms with E-state index in [4.69, 9.17) is 12.2 Å². The predicted molar refractivity (Wildman–Crippen MR) is 109 cm³/mol. The van der Waals surface area contributed by atoms with E-state index in [0.717, 1.165) is 11.1 Å². The third-order valence-corrected chi connectivity index (χ3v) is 3.67. The quantitative estimate of drug-likeness (QED) is 0.560. The molecule has 3 N–H and O–H groups in total. The van der Waals surface area contributed by atoms with E-state index >= 15 is 0 Å². The minimum Gasteiger partial charge on any atom is -0.352 e. The normalized spacial score (nSPS) is 10.4. The number of thiocarbonyl (C=S) groups is 1. The van der Waals surface area contributed by atoms with Crippen LogP contribution in [0.4, 0.5) is 5.69 Å². The number of hydrogen-bond donors (Lipinski definition) is 3. The van der Waals surface area contributed by atoms with Crippen LogP contribution in [0.2, 0.25) is 0 Å². The van der Waals surface area contributed by atoms with Gasteiger partial charge in [0.25, 0.3) is 5.91 Å². The molecular weight excluding hydrogens is 346 g/mol. The van der Waals surface area contributed by atoms with Crippen molar-refractivity contribution in [2.75, 3.05) is 11.9 Å². The van der Waals surface area contributed by atoms with Crippen molar-refractivity contribution in [3.8, 4) is 0 Å². The van der Waals surface area contributed by atoms with Gasteiger partial charge in [-0.3, -0.25) is 14.9 Å². The summed E-state index contributed by atoms with van der Waals surface area (Å²) in [6.07, 6.45) is 3.14. The molecule has 5 nitrogen and oxygen atoms in total. The van der Waals surface area contributed by atoms with Crippen molar-refractivity contribution in [3.05, 3.63) is 71.3 Å². The predicted octanol–water partition coefficient (Wildman–Crippen LogP) is 3.27. The average Bonchev–Trinajstić information content (AvgIpc) is 2.61. The van der Waals surface area contributed by atoms with Gasteiger partial charge in [0.05, 0.1) is 0 Å². The second-order valence-corrected chi connectivity index (χ2v) is 6.04. The van der Waals surface area contributed by atoms with Gasteiger partial charge in [-0.1, -0.05) is 35.9 Å². The van der Waals surface area contributed by atoms with E-state index in [0.29, 0.717) is 17.8 Å². The van der Waals surface area contributed by atoms with E-state index < -0.39 is 0 Å². The third-order valence-electron chi connectivity index (χ3n) is 3.46. The lowest BCUT2D eigenvalue weighted by Gasteiger charge is -2.09. The molecule has 0 bridgehead atoms. The van der Waals surface area contributed by atoms with Gasteiger partial charge in [-0.15, -0.1) is 0 Å². The first-order valence-corrected chi connectivity index (χ1v) is 8.63. The maximum Gasteiger partial charge on any atom is 0.251 e. The Labute approximate surface area is 158 Å². The molecule has 0 aromatic heterocycles. The van der Waals surface area contributed by atoms with Gasteiger partial charge >= 0.3 is 0 Å². The Morgan fingerprint density at radius 3 is 2.54 bits per heavy atom. The summed E-state index contributed by atoms with van der Waals surface area (Å²) >= 11 is 5.14. The van der Waals surface area contributed by atoms with Crippen LogP contribution in [0.1, 0.15) is 28.4 Å². The second kappa shape index (κ2) is 9.48. The summed E-state index contributed by atoms with van der Waals surface area (Å²) in [5, 5.41) is 8.37. The molecule has 0 radical (unpaired) electrons. The summed E-state index contributed by atoms with van der Waals surface area (Å²) < 4.78 is 0. The lowest BCUT2D eigenvalue weighted by molar-refractivity contribution is -0.115. The summed E-state index contributed by atoms with van der Waals surface area (Å²) in [4.78, 5) is 23.8. The number of carbonyl (C=O) groups is 2. The van der Waals surface area contributed by atoms with Crippen molar-refractivity contribution >= 4 is 40.9 Å². The highest BCUT2D eigenvalue weighted by molar-refractivity contribution is 7.80. The van der Waals surface area contributed by atoms with Gasteiger partial charge in [-0.05, 0) is 55.9 Å². The summed E-state index contributed by atoms with van der Waals surface area (Å²) in [5.41, 5.74) is 3.23. The zero-order valence-electron chi connectivity index (χ0n) is 14.7. The Morgan fingerprint density at radius 1 is 1.12 bits per heavy atom. The molecule has 0 fully saturated rings. The molecular formula is C20H21N3O2S. The highest BCUT2D eigenvalue weighted by atomic mass is 32.1. The molecule has 0 heterocycles. The van der Waals surface area contributed by atoms with Gasteiger partial charge in [-0.2, -0.15) is 0 Å². The highest BCUT2D eigenvalue weighted by Gasteiger charge is 2.06. The molecule has 0 atom stereocenters. The zero-order chi connectivity index (χ0) is 18.9. The number of hydrogen-bond acceptors (Lipinski definition) is 3. The molecule has 2 amide bonds. The number of anilines is 1. The van der Waals surface area contributed by atoms with Crippen molar-refractivity contribution in [3.63, 3.8) is 0 Å². The SMILES string of the molecule is CCNC(=O)c1cccc(NC(=S)NC(=O)/C=C/c2ccc(C)cc2)c1. The molecule has 134 valence electrons.